The fraction of sp³-hybridized carbons (Fsp3) is 0.333. The standard InChI is InChI=1S/C15H18FN3O2/c1-3-21-15-8-13(18-14(19-15)10-20-2)17-9-11-6-4-5-7-12(11)16/h4-8H,3,9-10H2,1-2H3,(H,17,18,19). The third-order valence-electron chi connectivity index (χ3n) is 2.73. The lowest BCUT2D eigenvalue weighted by Crippen LogP contribution is -2.08. The zero-order chi connectivity index (χ0) is 15.1. The van der Waals surface area contributed by atoms with Gasteiger partial charge in [-0.2, -0.15) is 4.98 Å². The highest BCUT2D eigenvalue weighted by atomic mass is 19.1. The fourth-order valence-electron chi connectivity index (χ4n) is 1.81. The molecule has 1 aromatic carbocycles. The van der Waals surface area contributed by atoms with Crippen molar-refractivity contribution in [3.05, 3.63) is 47.5 Å². The smallest absolute Gasteiger partial charge is 0.218 e. The normalized spacial score (nSPS) is 10.4. The Morgan fingerprint density at radius 3 is 2.76 bits per heavy atom. The van der Waals surface area contributed by atoms with Crippen LogP contribution in [0.25, 0.3) is 0 Å². The van der Waals surface area contributed by atoms with Gasteiger partial charge in [-0.3, -0.25) is 0 Å². The largest absolute Gasteiger partial charge is 0.478 e. The minimum atomic E-state index is -0.249. The second-order valence-corrected chi connectivity index (χ2v) is 4.32. The third kappa shape index (κ3) is 4.39. The minimum absolute atomic E-state index is 0.249. The van der Waals surface area contributed by atoms with E-state index in [2.05, 4.69) is 15.3 Å². The maximum atomic E-state index is 13.6. The first-order valence-electron chi connectivity index (χ1n) is 6.70. The van der Waals surface area contributed by atoms with Gasteiger partial charge in [0.05, 0.1) is 6.61 Å². The lowest BCUT2D eigenvalue weighted by molar-refractivity contribution is 0.176. The van der Waals surface area contributed by atoms with Crippen LogP contribution >= 0.6 is 0 Å². The predicted octanol–water partition coefficient (Wildman–Crippen LogP) is 2.77. The van der Waals surface area contributed by atoms with Crippen LogP contribution < -0.4 is 10.1 Å². The Labute approximate surface area is 123 Å². The summed E-state index contributed by atoms with van der Waals surface area (Å²) in [5.41, 5.74) is 0.572. The molecule has 0 saturated heterocycles. The van der Waals surface area contributed by atoms with Gasteiger partial charge in [-0.05, 0) is 13.0 Å². The average molecular weight is 291 g/mol. The molecule has 0 atom stereocenters. The summed E-state index contributed by atoms with van der Waals surface area (Å²) < 4.78 is 24.0. The predicted molar refractivity (Wildman–Crippen MR) is 77.6 cm³/mol. The Morgan fingerprint density at radius 2 is 2.05 bits per heavy atom. The summed E-state index contributed by atoms with van der Waals surface area (Å²) in [6.45, 7) is 3.01. The zero-order valence-electron chi connectivity index (χ0n) is 12.1. The van der Waals surface area contributed by atoms with Crippen LogP contribution in [0.2, 0.25) is 0 Å². The second-order valence-electron chi connectivity index (χ2n) is 4.32. The summed E-state index contributed by atoms with van der Waals surface area (Å²) in [4.78, 5) is 8.51. The zero-order valence-corrected chi connectivity index (χ0v) is 12.1. The van der Waals surface area contributed by atoms with Crippen molar-refractivity contribution >= 4 is 5.82 Å². The van der Waals surface area contributed by atoms with Crippen LogP contribution in [-0.2, 0) is 17.9 Å². The maximum Gasteiger partial charge on any atom is 0.218 e. The molecule has 5 nitrogen and oxygen atoms in total. The lowest BCUT2D eigenvalue weighted by Gasteiger charge is -2.10. The van der Waals surface area contributed by atoms with E-state index in [1.54, 1.807) is 31.4 Å². The fourth-order valence-corrected chi connectivity index (χ4v) is 1.81. The van der Waals surface area contributed by atoms with Crippen LogP contribution in [0.5, 0.6) is 5.88 Å². The molecule has 0 radical (unpaired) electrons. The molecule has 0 aliphatic heterocycles. The quantitative estimate of drug-likeness (QED) is 0.850. The highest BCUT2D eigenvalue weighted by Crippen LogP contribution is 2.16. The molecule has 21 heavy (non-hydrogen) atoms. The average Bonchev–Trinajstić information content (AvgIpc) is 2.47. The summed E-state index contributed by atoms with van der Waals surface area (Å²) >= 11 is 0. The van der Waals surface area contributed by atoms with Gasteiger partial charge >= 0.3 is 0 Å². The summed E-state index contributed by atoms with van der Waals surface area (Å²) in [5, 5.41) is 3.07. The van der Waals surface area contributed by atoms with Crippen molar-refractivity contribution in [1.29, 1.82) is 0 Å². The van der Waals surface area contributed by atoms with Crippen molar-refractivity contribution in [1.82, 2.24) is 9.97 Å². The van der Waals surface area contributed by atoms with Crippen molar-refractivity contribution in [2.75, 3.05) is 19.0 Å². The number of hydrogen-bond donors (Lipinski definition) is 1. The molecule has 6 heteroatoms. The number of ether oxygens (including phenoxy) is 2. The SMILES string of the molecule is CCOc1cc(NCc2ccccc2F)nc(COC)n1. The third-order valence-corrected chi connectivity index (χ3v) is 2.73. The van der Waals surface area contributed by atoms with Gasteiger partial charge in [0.15, 0.2) is 5.82 Å². The van der Waals surface area contributed by atoms with Gasteiger partial charge in [-0.1, -0.05) is 18.2 Å². The van der Waals surface area contributed by atoms with Crippen LogP contribution in [0, 0.1) is 5.82 Å². The van der Waals surface area contributed by atoms with Crippen LogP contribution in [0.4, 0.5) is 10.2 Å². The number of benzene rings is 1. The van der Waals surface area contributed by atoms with Gasteiger partial charge in [0.1, 0.15) is 18.2 Å². The molecule has 0 fully saturated rings. The summed E-state index contributed by atoms with van der Waals surface area (Å²) in [6.07, 6.45) is 0. The number of nitrogens with one attached hydrogen (secondary N) is 1. The number of methoxy groups -OCH3 is 1. The molecule has 0 bridgehead atoms. The van der Waals surface area contributed by atoms with Crippen LogP contribution in [-0.4, -0.2) is 23.7 Å². The van der Waals surface area contributed by atoms with Gasteiger partial charge in [-0.15, -0.1) is 0 Å². The number of rotatable bonds is 7. The van der Waals surface area contributed by atoms with Crippen molar-refractivity contribution in [3.63, 3.8) is 0 Å². The van der Waals surface area contributed by atoms with Crippen molar-refractivity contribution < 1.29 is 13.9 Å². The van der Waals surface area contributed by atoms with Crippen LogP contribution in [0.3, 0.4) is 0 Å². The topological polar surface area (TPSA) is 56.3 Å². The number of nitrogens with zero attached hydrogens (tertiary/aromatic N) is 2. The van der Waals surface area contributed by atoms with Crippen molar-refractivity contribution in [2.45, 2.75) is 20.1 Å². The molecular formula is C15H18FN3O2. The van der Waals surface area contributed by atoms with Gasteiger partial charge in [0.2, 0.25) is 5.88 Å². The van der Waals surface area contributed by atoms with Crippen LogP contribution in [0.15, 0.2) is 30.3 Å². The van der Waals surface area contributed by atoms with E-state index in [9.17, 15) is 4.39 Å². The molecule has 0 spiro atoms. The van der Waals surface area contributed by atoms with Gasteiger partial charge in [0, 0.05) is 25.3 Å². The molecule has 112 valence electrons. The van der Waals surface area contributed by atoms with E-state index >= 15 is 0 Å². The molecule has 0 amide bonds. The lowest BCUT2D eigenvalue weighted by atomic mass is 10.2. The molecule has 0 unspecified atom stereocenters. The van der Waals surface area contributed by atoms with E-state index in [0.717, 1.165) is 0 Å². The molecule has 1 heterocycles. The number of anilines is 1. The number of aromatic nitrogens is 2. The first-order valence-corrected chi connectivity index (χ1v) is 6.70. The van der Waals surface area contributed by atoms with Crippen LogP contribution in [0.1, 0.15) is 18.3 Å². The highest BCUT2D eigenvalue weighted by molar-refractivity contribution is 5.39. The first kappa shape index (κ1) is 15.2. The number of hydrogen-bond acceptors (Lipinski definition) is 5. The Bertz CT molecular complexity index is 569. The monoisotopic (exact) mass is 291 g/mol. The molecule has 1 N–H and O–H groups in total. The van der Waals surface area contributed by atoms with Crippen molar-refractivity contribution in [2.24, 2.45) is 0 Å². The van der Waals surface area contributed by atoms with E-state index in [-0.39, 0.29) is 12.4 Å². The van der Waals surface area contributed by atoms with Gasteiger partial charge in [-0.25, -0.2) is 9.37 Å². The molecule has 0 saturated carbocycles. The Balaban J connectivity index is 2.13. The van der Waals surface area contributed by atoms with Gasteiger partial charge < -0.3 is 14.8 Å². The highest BCUT2D eigenvalue weighted by Gasteiger charge is 2.06. The maximum absolute atomic E-state index is 13.6. The van der Waals surface area contributed by atoms with Gasteiger partial charge in [0.25, 0.3) is 0 Å². The first-order chi connectivity index (χ1) is 10.2. The molecule has 0 aliphatic rings. The Kier molecular flexibility index (Phi) is 5.45. The van der Waals surface area contributed by atoms with E-state index in [1.807, 2.05) is 6.92 Å². The van der Waals surface area contributed by atoms with E-state index in [4.69, 9.17) is 9.47 Å². The minimum Gasteiger partial charge on any atom is -0.478 e. The van der Waals surface area contributed by atoms with E-state index < -0.39 is 0 Å². The Morgan fingerprint density at radius 1 is 1.24 bits per heavy atom. The summed E-state index contributed by atoms with van der Waals surface area (Å²) in [5.74, 6) is 1.31. The summed E-state index contributed by atoms with van der Waals surface area (Å²) in [6, 6.07) is 8.29. The van der Waals surface area contributed by atoms with Crippen molar-refractivity contribution in [3.8, 4) is 5.88 Å². The Hall–Kier alpha value is -2.21. The molecule has 2 aromatic rings. The molecule has 1 aromatic heterocycles. The van der Waals surface area contributed by atoms with E-state index in [1.165, 1.54) is 6.07 Å². The second kappa shape index (κ2) is 7.54. The number of halogens is 1. The molecule has 0 aliphatic carbocycles. The molecule has 2 rings (SSSR count). The van der Waals surface area contributed by atoms with E-state index in [0.29, 0.717) is 36.2 Å². The molecular weight excluding hydrogens is 273 g/mol. The summed E-state index contributed by atoms with van der Waals surface area (Å²) in [7, 11) is 1.57.